The van der Waals surface area contributed by atoms with Crippen molar-refractivity contribution in [2.45, 2.75) is 13.3 Å². The maximum atomic E-state index is 2.18. The third-order valence-electron chi connectivity index (χ3n) is 1.53. The van der Waals surface area contributed by atoms with Crippen LogP contribution in [0.3, 0.4) is 0 Å². The molecule has 1 aromatic rings. The Balaban J connectivity index is 2.50. The zero-order valence-corrected chi connectivity index (χ0v) is 6.62. The van der Waals surface area contributed by atoms with Crippen molar-refractivity contribution in [1.29, 1.82) is 0 Å². The molecule has 0 atom stereocenters. The van der Waals surface area contributed by atoms with Crippen LogP contribution in [0.4, 0.5) is 0 Å². The summed E-state index contributed by atoms with van der Waals surface area (Å²) in [4.78, 5) is 0. The molecule has 0 amide bonds. The molecular weight excluding hydrogens is 124 g/mol. The van der Waals surface area contributed by atoms with Gasteiger partial charge in [-0.2, -0.15) is 0 Å². The van der Waals surface area contributed by atoms with E-state index in [1.165, 1.54) is 6.42 Å². The molecular formula is C8H14N2. The summed E-state index contributed by atoms with van der Waals surface area (Å²) in [5.74, 6) is 0. The largest absolute Gasteiger partial charge is 0.316 e. The van der Waals surface area contributed by atoms with Gasteiger partial charge in [-0.3, -0.25) is 4.68 Å². The van der Waals surface area contributed by atoms with Gasteiger partial charge in [-0.05, 0) is 18.6 Å². The molecule has 1 rings (SSSR count). The average molecular weight is 138 g/mol. The van der Waals surface area contributed by atoms with Crippen molar-refractivity contribution in [2.24, 2.45) is 0 Å². The molecule has 2 nitrogen and oxygen atoms in total. The highest BCUT2D eigenvalue weighted by Gasteiger charge is 1.92. The van der Waals surface area contributed by atoms with Crippen LogP contribution in [0.1, 0.15) is 13.3 Å². The maximum Gasteiger partial charge on any atom is 0.0338 e. The Morgan fingerprint density at radius 1 is 1.30 bits per heavy atom. The van der Waals surface area contributed by atoms with Crippen LogP contribution < -0.4 is 5.01 Å². The lowest BCUT2D eigenvalue weighted by Crippen LogP contribution is -2.29. The number of nitrogens with zero attached hydrogens (tertiary/aromatic N) is 2. The van der Waals surface area contributed by atoms with E-state index in [2.05, 4.69) is 36.1 Å². The second-order valence-electron chi connectivity index (χ2n) is 2.44. The molecule has 0 bridgehead atoms. The van der Waals surface area contributed by atoms with Crippen LogP contribution in [-0.4, -0.2) is 18.3 Å². The first-order valence-electron chi connectivity index (χ1n) is 3.69. The summed E-state index contributed by atoms with van der Waals surface area (Å²) < 4.78 is 2.09. The Morgan fingerprint density at radius 2 is 1.90 bits per heavy atom. The molecule has 0 radical (unpaired) electrons. The third kappa shape index (κ3) is 1.53. The highest BCUT2D eigenvalue weighted by Crippen LogP contribution is 1.91. The van der Waals surface area contributed by atoms with Crippen LogP contribution in [0.15, 0.2) is 24.5 Å². The molecule has 0 saturated carbocycles. The Bertz CT molecular complexity index is 167. The van der Waals surface area contributed by atoms with Crippen LogP contribution in [0, 0.1) is 0 Å². The SMILES string of the molecule is CCCN(C)n1cccc1. The van der Waals surface area contributed by atoms with Crippen LogP contribution in [0.5, 0.6) is 0 Å². The van der Waals surface area contributed by atoms with Gasteiger partial charge in [0.15, 0.2) is 0 Å². The molecule has 1 heterocycles. The van der Waals surface area contributed by atoms with Crippen molar-refractivity contribution >= 4 is 0 Å². The molecule has 0 aromatic carbocycles. The molecule has 0 aliphatic rings. The number of hydrogen-bond donors (Lipinski definition) is 0. The Hall–Kier alpha value is -0.920. The van der Waals surface area contributed by atoms with Gasteiger partial charge >= 0.3 is 0 Å². The molecule has 2 heteroatoms. The molecule has 0 unspecified atom stereocenters. The number of hydrogen-bond acceptors (Lipinski definition) is 1. The summed E-state index contributed by atoms with van der Waals surface area (Å²) in [5, 5.41) is 2.18. The lowest BCUT2D eigenvalue weighted by Gasteiger charge is -2.19. The van der Waals surface area contributed by atoms with Crippen LogP contribution in [0.25, 0.3) is 0 Å². The van der Waals surface area contributed by atoms with Crippen LogP contribution in [0.2, 0.25) is 0 Å². The van der Waals surface area contributed by atoms with Crippen LogP contribution in [-0.2, 0) is 0 Å². The van der Waals surface area contributed by atoms with Gasteiger partial charge in [-0.1, -0.05) is 6.92 Å². The summed E-state index contributed by atoms with van der Waals surface area (Å²) in [6, 6.07) is 4.07. The fourth-order valence-corrected chi connectivity index (χ4v) is 0.992. The summed E-state index contributed by atoms with van der Waals surface area (Å²) >= 11 is 0. The topological polar surface area (TPSA) is 8.17 Å². The van der Waals surface area contributed by atoms with E-state index in [9.17, 15) is 0 Å². The summed E-state index contributed by atoms with van der Waals surface area (Å²) in [7, 11) is 2.09. The highest BCUT2D eigenvalue weighted by molar-refractivity contribution is 4.95. The fourth-order valence-electron chi connectivity index (χ4n) is 0.992. The van der Waals surface area contributed by atoms with Crippen molar-refractivity contribution in [3.8, 4) is 0 Å². The third-order valence-corrected chi connectivity index (χ3v) is 1.53. The van der Waals surface area contributed by atoms with E-state index >= 15 is 0 Å². The second-order valence-corrected chi connectivity index (χ2v) is 2.44. The van der Waals surface area contributed by atoms with E-state index in [-0.39, 0.29) is 0 Å². The zero-order chi connectivity index (χ0) is 7.40. The Labute approximate surface area is 62.0 Å². The van der Waals surface area contributed by atoms with Gasteiger partial charge in [0.25, 0.3) is 0 Å². The van der Waals surface area contributed by atoms with Crippen LogP contribution >= 0.6 is 0 Å². The lowest BCUT2D eigenvalue weighted by molar-refractivity contribution is 0.642. The standard InChI is InChI=1S/C8H14N2/c1-3-6-9(2)10-7-4-5-8-10/h4-5,7-8H,3,6H2,1-2H3. The fraction of sp³-hybridized carbons (Fsp3) is 0.500. The monoisotopic (exact) mass is 138 g/mol. The van der Waals surface area contributed by atoms with Gasteiger partial charge in [0.1, 0.15) is 0 Å². The van der Waals surface area contributed by atoms with E-state index in [0.717, 1.165) is 6.54 Å². The summed E-state index contributed by atoms with van der Waals surface area (Å²) in [6.07, 6.45) is 5.29. The van der Waals surface area contributed by atoms with Crippen molar-refractivity contribution < 1.29 is 0 Å². The highest BCUT2D eigenvalue weighted by atomic mass is 15.5. The smallest absolute Gasteiger partial charge is 0.0338 e. The minimum atomic E-state index is 1.11. The molecule has 1 aromatic heterocycles. The molecule has 0 fully saturated rings. The zero-order valence-electron chi connectivity index (χ0n) is 6.62. The molecule has 56 valence electrons. The average Bonchev–Trinajstić information content (AvgIpc) is 2.38. The molecule has 0 spiro atoms. The predicted octanol–water partition coefficient (Wildman–Crippen LogP) is 1.47. The first-order valence-corrected chi connectivity index (χ1v) is 3.69. The van der Waals surface area contributed by atoms with Gasteiger partial charge in [0, 0.05) is 26.0 Å². The normalized spacial score (nSPS) is 9.80. The minimum Gasteiger partial charge on any atom is -0.316 e. The minimum absolute atomic E-state index is 1.11. The van der Waals surface area contributed by atoms with Gasteiger partial charge in [-0.15, -0.1) is 0 Å². The van der Waals surface area contributed by atoms with Gasteiger partial charge in [-0.25, -0.2) is 0 Å². The van der Waals surface area contributed by atoms with Crippen molar-refractivity contribution in [2.75, 3.05) is 18.6 Å². The Kier molecular flexibility index (Phi) is 2.37. The molecule has 10 heavy (non-hydrogen) atoms. The van der Waals surface area contributed by atoms with Crippen molar-refractivity contribution in [1.82, 2.24) is 4.68 Å². The predicted molar refractivity (Wildman–Crippen MR) is 43.7 cm³/mol. The summed E-state index contributed by atoms with van der Waals surface area (Å²) in [6.45, 7) is 3.29. The van der Waals surface area contributed by atoms with E-state index in [0.29, 0.717) is 0 Å². The van der Waals surface area contributed by atoms with E-state index in [1.807, 2.05) is 12.1 Å². The van der Waals surface area contributed by atoms with E-state index < -0.39 is 0 Å². The van der Waals surface area contributed by atoms with E-state index in [1.54, 1.807) is 0 Å². The number of aromatic nitrogens is 1. The van der Waals surface area contributed by atoms with Gasteiger partial charge in [0.2, 0.25) is 0 Å². The van der Waals surface area contributed by atoms with Crippen molar-refractivity contribution in [3.63, 3.8) is 0 Å². The van der Waals surface area contributed by atoms with E-state index in [4.69, 9.17) is 0 Å². The Morgan fingerprint density at radius 3 is 2.40 bits per heavy atom. The number of rotatable bonds is 3. The van der Waals surface area contributed by atoms with Gasteiger partial charge in [0.05, 0.1) is 0 Å². The molecule has 0 saturated heterocycles. The quantitative estimate of drug-likeness (QED) is 0.614. The first kappa shape index (κ1) is 7.19. The molecule has 0 aliphatic carbocycles. The molecule has 0 N–H and O–H groups in total. The molecule has 0 aliphatic heterocycles. The first-order chi connectivity index (χ1) is 4.84. The van der Waals surface area contributed by atoms with Gasteiger partial charge < -0.3 is 5.01 Å². The maximum absolute atomic E-state index is 2.18. The second kappa shape index (κ2) is 3.30. The summed E-state index contributed by atoms with van der Waals surface area (Å²) in [5.41, 5.74) is 0. The van der Waals surface area contributed by atoms with Crippen molar-refractivity contribution in [3.05, 3.63) is 24.5 Å². The lowest BCUT2D eigenvalue weighted by atomic mass is 10.5.